The SMILES string of the molecule is Cc1[nH]n(-c2ccc([N+](=O)[O-])cc2)c(=O)c1N=Nc1ccc(Cl)cc1Cl. The lowest BCUT2D eigenvalue weighted by Gasteiger charge is -2.00. The summed E-state index contributed by atoms with van der Waals surface area (Å²) in [5, 5.41) is 22.3. The third-order valence-electron chi connectivity index (χ3n) is 3.53. The summed E-state index contributed by atoms with van der Waals surface area (Å²) in [6, 6.07) is 10.3. The van der Waals surface area contributed by atoms with Gasteiger partial charge in [-0.1, -0.05) is 23.2 Å². The number of H-pyrrole nitrogens is 1. The molecule has 1 N–H and O–H groups in total. The molecular formula is C16H11Cl2N5O3. The molecule has 0 radical (unpaired) electrons. The average molecular weight is 392 g/mol. The van der Waals surface area contributed by atoms with Crippen LogP contribution in [-0.2, 0) is 0 Å². The van der Waals surface area contributed by atoms with Gasteiger partial charge in [-0.3, -0.25) is 20.0 Å². The first kappa shape index (κ1) is 17.8. The van der Waals surface area contributed by atoms with Crippen molar-refractivity contribution in [2.24, 2.45) is 10.2 Å². The summed E-state index contributed by atoms with van der Waals surface area (Å²) in [7, 11) is 0. The maximum Gasteiger partial charge on any atom is 0.299 e. The second-order valence-corrected chi connectivity index (χ2v) is 6.14. The molecule has 0 unspecified atom stereocenters. The van der Waals surface area contributed by atoms with Crippen LogP contribution in [0, 0.1) is 17.0 Å². The Kier molecular flexibility index (Phi) is 4.88. The number of nitro benzene ring substituents is 1. The highest BCUT2D eigenvalue weighted by atomic mass is 35.5. The molecule has 0 aliphatic rings. The number of hydrogen-bond acceptors (Lipinski definition) is 5. The van der Waals surface area contributed by atoms with Gasteiger partial charge in [0.15, 0.2) is 5.69 Å². The van der Waals surface area contributed by atoms with E-state index in [0.717, 1.165) is 0 Å². The largest absolute Gasteiger partial charge is 0.299 e. The highest BCUT2D eigenvalue weighted by molar-refractivity contribution is 6.36. The zero-order valence-electron chi connectivity index (χ0n) is 13.3. The summed E-state index contributed by atoms with van der Waals surface area (Å²) in [5.41, 5.74) is 0.900. The molecule has 0 atom stereocenters. The van der Waals surface area contributed by atoms with Gasteiger partial charge in [0.2, 0.25) is 0 Å². The summed E-state index contributed by atoms with van der Waals surface area (Å²) in [4.78, 5) is 22.8. The highest BCUT2D eigenvalue weighted by Gasteiger charge is 2.13. The number of aryl methyl sites for hydroxylation is 1. The molecule has 8 nitrogen and oxygen atoms in total. The van der Waals surface area contributed by atoms with Crippen molar-refractivity contribution in [2.45, 2.75) is 6.92 Å². The summed E-state index contributed by atoms with van der Waals surface area (Å²) >= 11 is 11.9. The Morgan fingerprint density at radius 2 is 1.81 bits per heavy atom. The Balaban J connectivity index is 1.96. The van der Waals surface area contributed by atoms with Gasteiger partial charge >= 0.3 is 0 Å². The van der Waals surface area contributed by atoms with Gasteiger partial charge in [0, 0.05) is 17.2 Å². The van der Waals surface area contributed by atoms with Gasteiger partial charge in [-0.25, -0.2) is 4.68 Å². The molecule has 3 rings (SSSR count). The molecule has 0 bridgehead atoms. The fourth-order valence-corrected chi connectivity index (χ4v) is 2.67. The van der Waals surface area contributed by atoms with E-state index in [1.54, 1.807) is 19.1 Å². The van der Waals surface area contributed by atoms with Crippen LogP contribution in [0.3, 0.4) is 0 Å². The van der Waals surface area contributed by atoms with E-state index in [1.165, 1.54) is 35.0 Å². The molecule has 0 aliphatic carbocycles. The van der Waals surface area contributed by atoms with Crippen molar-refractivity contribution in [2.75, 3.05) is 0 Å². The average Bonchev–Trinajstić information content (AvgIpc) is 2.89. The number of nitro groups is 1. The summed E-state index contributed by atoms with van der Waals surface area (Å²) in [5.74, 6) is 0. The first-order valence-electron chi connectivity index (χ1n) is 7.30. The topological polar surface area (TPSA) is 106 Å². The van der Waals surface area contributed by atoms with Crippen LogP contribution in [-0.4, -0.2) is 14.7 Å². The molecule has 0 saturated heterocycles. The summed E-state index contributed by atoms with van der Waals surface area (Å²) in [6.45, 7) is 1.67. The number of azo groups is 1. The van der Waals surface area contributed by atoms with Crippen LogP contribution < -0.4 is 5.56 Å². The molecule has 10 heteroatoms. The molecule has 3 aromatic rings. The van der Waals surface area contributed by atoms with Gasteiger partial charge in [0.05, 0.1) is 21.3 Å². The number of aromatic nitrogens is 2. The molecule has 132 valence electrons. The molecule has 0 amide bonds. The van der Waals surface area contributed by atoms with Crippen LogP contribution in [0.1, 0.15) is 5.69 Å². The minimum atomic E-state index is -0.512. The Labute approximate surface area is 156 Å². The van der Waals surface area contributed by atoms with E-state index >= 15 is 0 Å². The number of benzene rings is 2. The van der Waals surface area contributed by atoms with E-state index in [4.69, 9.17) is 23.2 Å². The van der Waals surface area contributed by atoms with E-state index in [-0.39, 0.29) is 11.4 Å². The first-order chi connectivity index (χ1) is 12.4. The van der Waals surface area contributed by atoms with Crippen LogP contribution in [0.25, 0.3) is 5.69 Å². The van der Waals surface area contributed by atoms with E-state index in [0.29, 0.717) is 27.1 Å². The zero-order valence-corrected chi connectivity index (χ0v) is 14.8. The third-order valence-corrected chi connectivity index (χ3v) is 4.06. The number of nitrogens with one attached hydrogen (secondary N) is 1. The van der Waals surface area contributed by atoms with E-state index in [2.05, 4.69) is 15.3 Å². The fourth-order valence-electron chi connectivity index (χ4n) is 2.23. The lowest BCUT2D eigenvalue weighted by Crippen LogP contribution is -2.13. The minimum absolute atomic E-state index is 0.0673. The van der Waals surface area contributed by atoms with Crippen molar-refractivity contribution in [3.63, 3.8) is 0 Å². The molecule has 1 aromatic heterocycles. The van der Waals surface area contributed by atoms with Crippen LogP contribution in [0.4, 0.5) is 17.1 Å². The van der Waals surface area contributed by atoms with Crippen molar-refractivity contribution >= 4 is 40.3 Å². The third kappa shape index (κ3) is 3.51. The standard InChI is InChI=1S/C16H11Cl2N5O3/c1-9-15(20-19-14-7-2-10(17)8-13(14)18)16(24)22(21-9)11-3-5-12(6-4-11)23(25)26/h2-8,21H,1H3. The van der Waals surface area contributed by atoms with Crippen molar-refractivity contribution < 1.29 is 4.92 Å². The van der Waals surface area contributed by atoms with Crippen molar-refractivity contribution in [3.8, 4) is 5.69 Å². The van der Waals surface area contributed by atoms with Gasteiger partial charge in [-0.15, -0.1) is 10.2 Å². The molecule has 1 heterocycles. The Bertz CT molecular complexity index is 1070. The Hall–Kier alpha value is -2.97. The number of rotatable bonds is 4. The lowest BCUT2D eigenvalue weighted by molar-refractivity contribution is -0.384. The Morgan fingerprint density at radius 1 is 1.12 bits per heavy atom. The molecule has 0 spiro atoms. The summed E-state index contributed by atoms with van der Waals surface area (Å²) in [6.07, 6.45) is 0. The van der Waals surface area contributed by atoms with Crippen LogP contribution in [0.15, 0.2) is 57.5 Å². The quantitative estimate of drug-likeness (QED) is 0.379. The zero-order chi connectivity index (χ0) is 18.8. The number of nitrogens with zero attached hydrogens (tertiary/aromatic N) is 4. The number of halogens is 2. The van der Waals surface area contributed by atoms with Gasteiger partial charge in [0.25, 0.3) is 11.2 Å². The molecular weight excluding hydrogens is 381 g/mol. The summed E-state index contributed by atoms with van der Waals surface area (Å²) < 4.78 is 1.23. The van der Waals surface area contributed by atoms with E-state index in [9.17, 15) is 14.9 Å². The minimum Gasteiger partial charge on any atom is -0.293 e. The van der Waals surface area contributed by atoms with Crippen LogP contribution in [0.5, 0.6) is 0 Å². The van der Waals surface area contributed by atoms with Gasteiger partial charge in [-0.05, 0) is 37.3 Å². The van der Waals surface area contributed by atoms with Crippen LogP contribution in [0.2, 0.25) is 10.0 Å². The predicted molar refractivity (Wildman–Crippen MR) is 98.4 cm³/mol. The van der Waals surface area contributed by atoms with Crippen molar-refractivity contribution in [3.05, 3.63) is 78.7 Å². The number of non-ortho nitro benzene ring substituents is 1. The lowest BCUT2D eigenvalue weighted by atomic mass is 10.3. The van der Waals surface area contributed by atoms with Gasteiger partial charge < -0.3 is 0 Å². The monoisotopic (exact) mass is 391 g/mol. The molecule has 0 saturated carbocycles. The first-order valence-corrected chi connectivity index (χ1v) is 8.05. The van der Waals surface area contributed by atoms with E-state index in [1.807, 2.05) is 0 Å². The Morgan fingerprint density at radius 3 is 2.42 bits per heavy atom. The second-order valence-electron chi connectivity index (χ2n) is 5.30. The van der Waals surface area contributed by atoms with Gasteiger partial charge in [0.1, 0.15) is 5.69 Å². The van der Waals surface area contributed by atoms with E-state index < -0.39 is 10.5 Å². The molecule has 0 fully saturated rings. The normalized spacial score (nSPS) is 11.2. The molecule has 26 heavy (non-hydrogen) atoms. The molecule has 2 aromatic carbocycles. The smallest absolute Gasteiger partial charge is 0.293 e. The number of aromatic amines is 1. The van der Waals surface area contributed by atoms with Crippen molar-refractivity contribution in [1.82, 2.24) is 9.78 Å². The number of hydrogen-bond donors (Lipinski definition) is 1. The van der Waals surface area contributed by atoms with Crippen LogP contribution >= 0.6 is 23.2 Å². The fraction of sp³-hybridized carbons (Fsp3) is 0.0625. The molecule has 0 aliphatic heterocycles. The second kappa shape index (κ2) is 7.11. The van der Waals surface area contributed by atoms with Crippen molar-refractivity contribution in [1.29, 1.82) is 0 Å². The predicted octanol–water partition coefficient (Wildman–Crippen LogP) is 5.10. The van der Waals surface area contributed by atoms with Gasteiger partial charge in [-0.2, -0.15) is 0 Å². The maximum atomic E-state index is 12.6. The highest BCUT2D eigenvalue weighted by Crippen LogP contribution is 2.29. The maximum absolute atomic E-state index is 12.6.